The number of nitrogens with zero attached hydrogens (tertiary/aromatic N) is 1. The second-order valence-electron chi connectivity index (χ2n) is 4.33. The molecular weight excluding hydrogens is 248 g/mol. The molecule has 0 aromatic heterocycles. The lowest BCUT2D eigenvalue weighted by atomic mass is 10.1. The van der Waals surface area contributed by atoms with E-state index in [0.717, 1.165) is 35.8 Å². The number of amides is 2. The number of hydrogen-bond acceptors (Lipinski definition) is 3. The van der Waals surface area contributed by atoms with E-state index in [9.17, 15) is 9.90 Å². The molecule has 0 saturated carbocycles. The fourth-order valence-corrected chi connectivity index (χ4v) is 2.72. The standard InChI is InChI=1S/C13H18N2O2S/c1-10(16)11-2-4-12(5-3-11)14-13(17)15-6-8-18-9-7-15/h2-5,10,16H,6-9H2,1H3,(H,14,17). The molecule has 0 radical (unpaired) electrons. The van der Waals surface area contributed by atoms with Crippen molar-refractivity contribution < 1.29 is 9.90 Å². The van der Waals surface area contributed by atoms with Crippen molar-refractivity contribution in [3.63, 3.8) is 0 Å². The van der Waals surface area contributed by atoms with Crippen LogP contribution in [0.4, 0.5) is 10.5 Å². The molecule has 1 aliphatic heterocycles. The Morgan fingerprint density at radius 1 is 1.33 bits per heavy atom. The molecule has 2 rings (SSSR count). The van der Waals surface area contributed by atoms with Crippen LogP contribution in [0.1, 0.15) is 18.6 Å². The van der Waals surface area contributed by atoms with Crippen molar-refractivity contribution in [1.82, 2.24) is 4.90 Å². The Bertz CT molecular complexity index is 400. The highest BCUT2D eigenvalue weighted by Gasteiger charge is 2.16. The van der Waals surface area contributed by atoms with E-state index in [1.807, 2.05) is 40.9 Å². The van der Waals surface area contributed by atoms with Crippen molar-refractivity contribution in [2.24, 2.45) is 0 Å². The van der Waals surface area contributed by atoms with E-state index in [1.165, 1.54) is 0 Å². The summed E-state index contributed by atoms with van der Waals surface area (Å²) in [7, 11) is 0. The summed E-state index contributed by atoms with van der Waals surface area (Å²) in [6, 6.07) is 7.25. The van der Waals surface area contributed by atoms with Gasteiger partial charge in [0.25, 0.3) is 0 Å². The maximum Gasteiger partial charge on any atom is 0.321 e. The van der Waals surface area contributed by atoms with Gasteiger partial charge < -0.3 is 15.3 Å². The zero-order valence-corrected chi connectivity index (χ0v) is 11.2. The number of urea groups is 1. The van der Waals surface area contributed by atoms with Crippen LogP contribution in [-0.4, -0.2) is 40.6 Å². The minimum Gasteiger partial charge on any atom is -0.389 e. The number of aliphatic hydroxyl groups is 1. The van der Waals surface area contributed by atoms with E-state index in [2.05, 4.69) is 5.32 Å². The molecule has 98 valence electrons. The zero-order chi connectivity index (χ0) is 13.0. The Labute approximate surface area is 111 Å². The summed E-state index contributed by atoms with van der Waals surface area (Å²) in [6.45, 7) is 3.34. The SMILES string of the molecule is CC(O)c1ccc(NC(=O)N2CCSCC2)cc1. The Morgan fingerprint density at radius 3 is 2.50 bits per heavy atom. The summed E-state index contributed by atoms with van der Waals surface area (Å²) in [6.07, 6.45) is -0.478. The first kappa shape index (κ1) is 13.2. The molecule has 1 heterocycles. The quantitative estimate of drug-likeness (QED) is 0.863. The lowest BCUT2D eigenvalue weighted by Gasteiger charge is -2.26. The summed E-state index contributed by atoms with van der Waals surface area (Å²) in [5.74, 6) is 2.02. The van der Waals surface area contributed by atoms with Crippen LogP contribution in [0.3, 0.4) is 0 Å². The van der Waals surface area contributed by atoms with Crippen LogP contribution in [0.2, 0.25) is 0 Å². The van der Waals surface area contributed by atoms with E-state index in [1.54, 1.807) is 6.92 Å². The van der Waals surface area contributed by atoms with Crippen LogP contribution in [0.15, 0.2) is 24.3 Å². The topological polar surface area (TPSA) is 52.6 Å². The van der Waals surface area contributed by atoms with E-state index in [4.69, 9.17) is 0 Å². The van der Waals surface area contributed by atoms with Crippen molar-refractivity contribution >= 4 is 23.5 Å². The minimum absolute atomic E-state index is 0.0416. The van der Waals surface area contributed by atoms with Crippen LogP contribution in [0, 0.1) is 0 Å². The van der Waals surface area contributed by atoms with E-state index in [0.29, 0.717) is 0 Å². The van der Waals surface area contributed by atoms with Gasteiger partial charge in [-0.3, -0.25) is 0 Å². The number of carbonyl (C=O) groups excluding carboxylic acids is 1. The molecule has 1 atom stereocenters. The van der Waals surface area contributed by atoms with Crippen molar-refractivity contribution in [3.05, 3.63) is 29.8 Å². The monoisotopic (exact) mass is 266 g/mol. The molecule has 5 heteroatoms. The molecule has 1 aromatic carbocycles. The maximum absolute atomic E-state index is 11.9. The Morgan fingerprint density at radius 2 is 1.94 bits per heavy atom. The number of rotatable bonds is 2. The number of aliphatic hydroxyl groups excluding tert-OH is 1. The maximum atomic E-state index is 11.9. The number of thioether (sulfide) groups is 1. The van der Waals surface area contributed by atoms with Crippen molar-refractivity contribution in [2.45, 2.75) is 13.0 Å². The summed E-state index contributed by atoms with van der Waals surface area (Å²) in [4.78, 5) is 13.8. The fourth-order valence-electron chi connectivity index (χ4n) is 1.81. The first-order valence-corrected chi connectivity index (χ1v) is 7.24. The van der Waals surface area contributed by atoms with Crippen LogP contribution in [-0.2, 0) is 0 Å². The van der Waals surface area contributed by atoms with E-state index in [-0.39, 0.29) is 6.03 Å². The van der Waals surface area contributed by atoms with Gasteiger partial charge >= 0.3 is 6.03 Å². The zero-order valence-electron chi connectivity index (χ0n) is 10.4. The van der Waals surface area contributed by atoms with Crippen LogP contribution >= 0.6 is 11.8 Å². The van der Waals surface area contributed by atoms with Gasteiger partial charge in [-0.25, -0.2) is 4.79 Å². The number of anilines is 1. The predicted octanol–water partition coefficient (Wildman–Crippen LogP) is 2.32. The summed E-state index contributed by atoms with van der Waals surface area (Å²) in [5, 5.41) is 12.3. The third-order valence-electron chi connectivity index (χ3n) is 2.94. The van der Waals surface area contributed by atoms with Crippen LogP contribution < -0.4 is 5.32 Å². The third-order valence-corrected chi connectivity index (χ3v) is 3.89. The lowest BCUT2D eigenvalue weighted by molar-refractivity contribution is 0.199. The Balaban J connectivity index is 1.94. The molecule has 18 heavy (non-hydrogen) atoms. The molecule has 1 aliphatic rings. The minimum atomic E-state index is -0.478. The highest BCUT2D eigenvalue weighted by molar-refractivity contribution is 7.99. The van der Waals surface area contributed by atoms with Gasteiger partial charge in [0.1, 0.15) is 0 Å². The number of hydrogen-bond donors (Lipinski definition) is 2. The molecule has 2 amide bonds. The van der Waals surface area contributed by atoms with E-state index < -0.39 is 6.10 Å². The predicted molar refractivity (Wildman–Crippen MR) is 75.0 cm³/mol. The summed E-state index contributed by atoms with van der Waals surface area (Å²) in [5.41, 5.74) is 1.62. The van der Waals surface area contributed by atoms with Gasteiger partial charge in [-0.1, -0.05) is 12.1 Å². The molecule has 2 N–H and O–H groups in total. The molecule has 0 bridgehead atoms. The van der Waals surface area contributed by atoms with Gasteiger partial charge in [0, 0.05) is 30.3 Å². The summed E-state index contributed by atoms with van der Waals surface area (Å²) >= 11 is 1.88. The van der Waals surface area contributed by atoms with Gasteiger partial charge in [-0.05, 0) is 24.6 Å². The molecule has 1 aromatic rings. The summed E-state index contributed by atoms with van der Waals surface area (Å²) < 4.78 is 0. The molecule has 4 nitrogen and oxygen atoms in total. The lowest BCUT2D eigenvalue weighted by Crippen LogP contribution is -2.40. The third kappa shape index (κ3) is 3.40. The first-order chi connectivity index (χ1) is 8.66. The average molecular weight is 266 g/mol. The number of benzene rings is 1. The molecule has 1 unspecified atom stereocenters. The fraction of sp³-hybridized carbons (Fsp3) is 0.462. The molecule has 0 aliphatic carbocycles. The van der Waals surface area contributed by atoms with Gasteiger partial charge in [0.05, 0.1) is 6.10 Å². The van der Waals surface area contributed by atoms with Crippen LogP contribution in [0.5, 0.6) is 0 Å². The van der Waals surface area contributed by atoms with Crippen molar-refractivity contribution in [3.8, 4) is 0 Å². The van der Waals surface area contributed by atoms with Crippen molar-refractivity contribution in [2.75, 3.05) is 29.9 Å². The highest BCUT2D eigenvalue weighted by atomic mass is 32.2. The highest BCUT2D eigenvalue weighted by Crippen LogP contribution is 2.16. The second-order valence-corrected chi connectivity index (χ2v) is 5.55. The Hall–Kier alpha value is -1.20. The van der Waals surface area contributed by atoms with Gasteiger partial charge in [-0.2, -0.15) is 11.8 Å². The normalized spacial score (nSPS) is 17.3. The average Bonchev–Trinajstić information content (AvgIpc) is 2.40. The van der Waals surface area contributed by atoms with Crippen LogP contribution in [0.25, 0.3) is 0 Å². The Kier molecular flexibility index (Phi) is 4.49. The molecule has 0 spiro atoms. The molecule has 1 fully saturated rings. The second kappa shape index (κ2) is 6.11. The smallest absolute Gasteiger partial charge is 0.321 e. The van der Waals surface area contributed by atoms with Crippen molar-refractivity contribution in [1.29, 1.82) is 0 Å². The number of nitrogens with one attached hydrogen (secondary N) is 1. The molecular formula is C13H18N2O2S. The van der Waals surface area contributed by atoms with Gasteiger partial charge in [0.15, 0.2) is 0 Å². The molecule has 1 saturated heterocycles. The first-order valence-electron chi connectivity index (χ1n) is 6.08. The van der Waals surface area contributed by atoms with Gasteiger partial charge in [0.2, 0.25) is 0 Å². The largest absolute Gasteiger partial charge is 0.389 e. The van der Waals surface area contributed by atoms with E-state index >= 15 is 0 Å². The van der Waals surface area contributed by atoms with Gasteiger partial charge in [-0.15, -0.1) is 0 Å². The number of carbonyl (C=O) groups is 1.